The average molecular weight is 464 g/mol. The molecule has 0 bridgehead atoms. The number of halogens is 1. The Labute approximate surface area is 197 Å². The minimum absolute atomic E-state index is 0.0379. The number of carbonyl (C=O) groups excluding carboxylic acids is 1. The summed E-state index contributed by atoms with van der Waals surface area (Å²) in [4.78, 5) is 19.5. The number of fused-ring (bicyclic) bond motifs is 1. The van der Waals surface area contributed by atoms with Crippen molar-refractivity contribution in [2.75, 3.05) is 18.0 Å². The molecule has 4 aromatic rings. The van der Waals surface area contributed by atoms with E-state index in [0.717, 1.165) is 28.0 Å². The largest absolute Gasteiger partial charge is 0.352 e. The predicted octanol–water partition coefficient (Wildman–Crippen LogP) is 3.97. The van der Waals surface area contributed by atoms with E-state index in [9.17, 15) is 4.79 Å². The second-order valence-electron chi connectivity index (χ2n) is 9.17. The lowest BCUT2D eigenvalue weighted by Crippen LogP contribution is -2.62. The molecular formula is C24H26ClN7O. The van der Waals surface area contributed by atoms with Crippen LogP contribution in [0.1, 0.15) is 32.4 Å². The molecule has 0 saturated carbocycles. The first-order valence-electron chi connectivity index (χ1n) is 11.0. The Morgan fingerprint density at radius 3 is 2.61 bits per heavy atom. The second-order valence-corrected chi connectivity index (χ2v) is 9.61. The lowest BCUT2D eigenvalue weighted by Gasteiger charge is -2.47. The molecule has 1 aromatic carbocycles. The number of nitrogens with one attached hydrogen (secondary N) is 1. The minimum Gasteiger partial charge on any atom is -0.352 e. The van der Waals surface area contributed by atoms with Crippen molar-refractivity contribution in [2.45, 2.75) is 33.4 Å². The van der Waals surface area contributed by atoms with E-state index in [0.29, 0.717) is 30.7 Å². The zero-order chi connectivity index (χ0) is 23.2. The molecular weight excluding hydrogens is 438 g/mol. The molecule has 170 valence electrons. The van der Waals surface area contributed by atoms with Gasteiger partial charge in [0.2, 0.25) is 5.91 Å². The number of nitrogens with zero attached hydrogens (tertiary/aromatic N) is 6. The summed E-state index contributed by atoms with van der Waals surface area (Å²) in [5, 5.41) is 12.5. The van der Waals surface area contributed by atoms with Gasteiger partial charge in [-0.05, 0) is 44.5 Å². The lowest BCUT2D eigenvalue weighted by atomic mass is 9.81. The number of anilines is 1. The maximum absolute atomic E-state index is 12.9. The van der Waals surface area contributed by atoms with Gasteiger partial charge in [0.1, 0.15) is 11.8 Å². The summed E-state index contributed by atoms with van der Waals surface area (Å²) < 4.78 is 3.77. The van der Waals surface area contributed by atoms with Crippen molar-refractivity contribution in [2.24, 2.45) is 5.41 Å². The van der Waals surface area contributed by atoms with Gasteiger partial charge in [-0.2, -0.15) is 10.2 Å². The lowest BCUT2D eigenvalue weighted by molar-refractivity contribution is -0.131. The highest BCUT2D eigenvalue weighted by molar-refractivity contribution is 6.30. The first kappa shape index (κ1) is 21.5. The molecule has 0 radical (unpaired) electrons. The van der Waals surface area contributed by atoms with E-state index in [1.165, 1.54) is 0 Å². The molecule has 1 fully saturated rings. The van der Waals surface area contributed by atoms with Gasteiger partial charge in [-0.15, -0.1) is 0 Å². The van der Waals surface area contributed by atoms with E-state index in [4.69, 9.17) is 11.6 Å². The van der Waals surface area contributed by atoms with E-state index >= 15 is 0 Å². The van der Waals surface area contributed by atoms with Gasteiger partial charge in [0.15, 0.2) is 5.82 Å². The van der Waals surface area contributed by atoms with Crippen LogP contribution in [0.2, 0.25) is 5.02 Å². The van der Waals surface area contributed by atoms with Crippen LogP contribution in [0.25, 0.3) is 16.6 Å². The Bertz CT molecular complexity index is 1300. The van der Waals surface area contributed by atoms with Crippen LogP contribution in [0.4, 0.5) is 5.82 Å². The third-order valence-electron chi connectivity index (χ3n) is 6.14. The molecule has 5 rings (SSSR count). The number of rotatable bonds is 6. The summed E-state index contributed by atoms with van der Waals surface area (Å²) >= 11 is 5.93. The van der Waals surface area contributed by atoms with Gasteiger partial charge in [0.05, 0.1) is 11.6 Å². The van der Waals surface area contributed by atoms with Crippen LogP contribution in [0, 0.1) is 5.41 Å². The molecule has 9 heteroatoms. The van der Waals surface area contributed by atoms with E-state index in [1.807, 2.05) is 59.0 Å². The molecule has 0 unspecified atom stereocenters. The first-order chi connectivity index (χ1) is 15.8. The maximum Gasteiger partial charge on any atom is 0.229 e. The zero-order valence-electron chi connectivity index (χ0n) is 18.9. The Morgan fingerprint density at radius 1 is 1.15 bits per heavy atom. The molecule has 0 spiro atoms. The topological polar surface area (TPSA) is 80.4 Å². The first-order valence-corrected chi connectivity index (χ1v) is 11.4. The monoisotopic (exact) mass is 463 g/mol. The summed E-state index contributed by atoms with van der Waals surface area (Å²) in [6.45, 7) is 7.86. The fourth-order valence-electron chi connectivity index (χ4n) is 4.18. The molecule has 0 aliphatic carbocycles. The molecule has 33 heavy (non-hydrogen) atoms. The summed E-state index contributed by atoms with van der Waals surface area (Å²) in [5.74, 6) is 0.867. The van der Waals surface area contributed by atoms with Gasteiger partial charge in [0.25, 0.3) is 0 Å². The van der Waals surface area contributed by atoms with Crippen LogP contribution >= 0.6 is 11.6 Å². The number of amides is 1. The van der Waals surface area contributed by atoms with Gasteiger partial charge < -0.3 is 10.2 Å². The third kappa shape index (κ3) is 4.06. The van der Waals surface area contributed by atoms with Crippen molar-refractivity contribution in [1.82, 2.24) is 29.7 Å². The van der Waals surface area contributed by atoms with E-state index in [-0.39, 0.29) is 5.91 Å². The van der Waals surface area contributed by atoms with Crippen molar-refractivity contribution in [3.8, 4) is 11.1 Å². The highest BCUT2D eigenvalue weighted by Crippen LogP contribution is 2.36. The van der Waals surface area contributed by atoms with Crippen molar-refractivity contribution in [1.29, 1.82) is 0 Å². The van der Waals surface area contributed by atoms with Crippen LogP contribution in [0.5, 0.6) is 0 Å². The van der Waals surface area contributed by atoms with Crippen LogP contribution in [0.15, 0.2) is 55.2 Å². The van der Waals surface area contributed by atoms with E-state index in [1.54, 1.807) is 6.33 Å². The SMILES string of the molecule is CC(C)n1cc(-c2cc3c(N4CC(C)(C(=O)NCc5ccc(Cl)cc5)C4)ncnn3c2)cn1. The summed E-state index contributed by atoms with van der Waals surface area (Å²) in [6.07, 6.45) is 7.45. The molecule has 1 amide bonds. The molecule has 8 nitrogen and oxygen atoms in total. The van der Waals surface area contributed by atoms with Crippen molar-refractivity contribution < 1.29 is 4.79 Å². The number of hydrogen-bond donors (Lipinski definition) is 1. The number of aromatic nitrogens is 5. The highest BCUT2D eigenvalue weighted by Gasteiger charge is 2.46. The van der Waals surface area contributed by atoms with E-state index < -0.39 is 5.41 Å². The number of benzene rings is 1. The quantitative estimate of drug-likeness (QED) is 0.468. The fourth-order valence-corrected chi connectivity index (χ4v) is 4.30. The maximum atomic E-state index is 12.9. The highest BCUT2D eigenvalue weighted by atomic mass is 35.5. The standard InChI is InChI=1S/C24H26ClN7O/c1-16(2)31-12-19(10-28-31)18-8-21-22(27-15-29-32(21)11-18)30-13-24(3,14-30)23(33)26-9-17-4-6-20(25)7-5-17/h4-8,10-12,15-16H,9,13-14H2,1-3H3,(H,26,33). The molecule has 0 atom stereocenters. The van der Waals surface area contributed by atoms with Crippen LogP contribution in [0.3, 0.4) is 0 Å². The average Bonchev–Trinajstić information content (AvgIpc) is 3.43. The van der Waals surface area contributed by atoms with Crippen molar-refractivity contribution in [3.63, 3.8) is 0 Å². The van der Waals surface area contributed by atoms with E-state index in [2.05, 4.69) is 45.3 Å². The molecule has 1 aliphatic rings. The molecule has 1 saturated heterocycles. The minimum atomic E-state index is -0.470. The van der Waals surface area contributed by atoms with Gasteiger partial charge in [-0.1, -0.05) is 23.7 Å². The number of hydrogen-bond acceptors (Lipinski definition) is 5. The molecule has 1 aliphatic heterocycles. The van der Waals surface area contributed by atoms with Gasteiger partial charge in [-0.3, -0.25) is 9.48 Å². The van der Waals surface area contributed by atoms with Crippen LogP contribution < -0.4 is 10.2 Å². The third-order valence-corrected chi connectivity index (χ3v) is 6.40. The van der Waals surface area contributed by atoms with Gasteiger partial charge >= 0.3 is 0 Å². The Kier molecular flexibility index (Phi) is 5.32. The smallest absolute Gasteiger partial charge is 0.229 e. The summed E-state index contributed by atoms with van der Waals surface area (Å²) in [7, 11) is 0. The Morgan fingerprint density at radius 2 is 1.91 bits per heavy atom. The Balaban J connectivity index is 1.29. The zero-order valence-corrected chi connectivity index (χ0v) is 19.6. The molecule has 3 aromatic heterocycles. The predicted molar refractivity (Wildman–Crippen MR) is 128 cm³/mol. The Hall–Kier alpha value is -3.39. The summed E-state index contributed by atoms with van der Waals surface area (Å²) in [5.41, 5.74) is 3.53. The van der Waals surface area contributed by atoms with Crippen LogP contribution in [-0.4, -0.2) is 43.4 Å². The fraction of sp³-hybridized carbons (Fsp3) is 0.333. The second kappa shape index (κ2) is 8.19. The molecule has 1 N–H and O–H groups in total. The van der Waals surface area contributed by atoms with Gasteiger partial charge in [-0.25, -0.2) is 9.50 Å². The normalized spacial score (nSPS) is 15.1. The van der Waals surface area contributed by atoms with Crippen molar-refractivity contribution in [3.05, 3.63) is 65.8 Å². The summed E-state index contributed by atoms with van der Waals surface area (Å²) in [6, 6.07) is 9.88. The van der Waals surface area contributed by atoms with Crippen LogP contribution in [-0.2, 0) is 11.3 Å². The number of carbonyl (C=O) groups is 1. The van der Waals surface area contributed by atoms with Gasteiger partial charge in [0, 0.05) is 54.2 Å². The van der Waals surface area contributed by atoms with Crippen molar-refractivity contribution >= 4 is 28.8 Å². The molecule has 4 heterocycles.